The third kappa shape index (κ3) is 3.78. The monoisotopic (exact) mass is 331 g/mol. The number of nitrogens with zero attached hydrogens (tertiary/aromatic N) is 4. The maximum absolute atomic E-state index is 12.4. The lowest BCUT2D eigenvalue weighted by Crippen LogP contribution is -2.44. The van der Waals surface area contributed by atoms with Crippen LogP contribution in [0.2, 0.25) is 5.02 Å². The SMILES string of the molecule is CN1CCN(c2cc(C(=O)Nc3ccccc3Cl)ncn2)CC1. The van der Waals surface area contributed by atoms with Crippen LogP contribution >= 0.6 is 11.6 Å². The van der Waals surface area contributed by atoms with E-state index in [1.165, 1.54) is 6.33 Å². The van der Waals surface area contributed by atoms with Gasteiger partial charge in [0.25, 0.3) is 5.91 Å². The first-order valence-electron chi connectivity index (χ1n) is 7.45. The second kappa shape index (κ2) is 6.93. The van der Waals surface area contributed by atoms with Crippen LogP contribution in [0.3, 0.4) is 0 Å². The van der Waals surface area contributed by atoms with E-state index < -0.39 is 0 Å². The Bertz CT molecular complexity index is 700. The third-order valence-corrected chi connectivity index (χ3v) is 4.16. The molecule has 1 N–H and O–H groups in total. The topological polar surface area (TPSA) is 61.4 Å². The van der Waals surface area contributed by atoms with Crippen LogP contribution in [-0.4, -0.2) is 54.0 Å². The molecule has 1 aromatic carbocycles. The minimum atomic E-state index is -0.295. The molecule has 1 aromatic heterocycles. The molecule has 1 amide bonds. The average molecular weight is 332 g/mol. The molecule has 120 valence electrons. The predicted octanol–water partition coefficient (Wildman–Crippen LogP) is 2.13. The molecule has 2 aromatic rings. The zero-order valence-electron chi connectivity index (χ0n) is 12.9. The normalized spacial score (nSPS) is 15.5. The molecule has 0 bridgehead atoms. The van der Waals surface area contributed by atoms with Crippen molar-refractivity contribution in [3.8, 4) is 0 Å². The number of likely N-dealkylation sites (N-methyl/N-ethyl adjacent to an activating group) is 1. The zero-order valence-corrected chi connectivity index (χ0v) is 13.6. The van der Waals surface area contributed by atoms with E-state index in [-0.39, 0.29) is 5.91 Å². The van der Waals surface area contributed by atoms with Crippen LogP contribution in [0.5, 0.6) is 0 Å². The van der Waals surface area contributed by atoms with E-state index in [1.54, 1.807) is 18.2 Å². The molecule has 3 rings (SSSR count). The molecule has 6 nitrogen and oxygen atoms in total. The van der Waals surface area contributed by atoms with E-state index in [2.05, 4.69) is 32.1 Å². The highest BCUT2D eigenvalue weighted by Crippen LogP contribution is 2.21. The Labute approximate surface area is 140 Å². The van der Waals surface area contributed by atoms with E-state index in [4.69, 9.17) is 11.6 Å². The summed E-state index contributed by atoms with van der Waals surface area (Å²) in [4.78, 5) is 25.2. The number of halogens is 1. The molecular formula is C16H18ClN5O. The van der Waals surface area contributed by atoms with Gasteiger partial charge in [0, 0.05) is 32.2 Å². The van der Waals surface area contributed by atoms with Crippen LogP contribution in [0, 0.1) is 0 Å². The molecule has 1 saturated heterocycles. The number of piperazine rings is 1. The lowest BCUT2D eigenvalue weighted by Gasteiger charge is -2.33. The lowest BCUT2D eigenvalue weighted by molar-refractivity contribution is 0.102. The van der Waals surface area contributed by atoms with Gasteiger partial charge in [-0.25, -0.2) is 9.97 Å². The van der Waals surface area contributed by atoms with Gasteiger partial charge in [0.1, 0.15) is 17.8 Å². The highest BCUT2D eigenvalue weighted by Gasteiger charge is 2.17. The number of para-hydroxylation sites is 1. The Hall–Kier alpha value is -2.18. The second-order valence-electron chi connectivity index (χ2n) is 5.49. The van der Waals surface area contributed by atoms with Gasteiger partial charge in [-0.3, -0.25) is 4.79 Å². The summed E-state index contributed by atoms with van der Waals surface area (Å²) >= 11 is 6.06. The minimum absolute atomic E-state index is 0.295. The first kappa shape index (κ1) is 15.7. The van der Waals surface area contributed by atoms with Crippen molar-refractivity contribution in [2.24, 2.45) is 0 Å². The van der Waals surface area contributed by atoms with Crippen molar-refractivity contribution in [3.05, 3.63) is 47.4 Å². The molecule has 0 spiro atoms. The van der Waals surface area contributed by atoms with Gasteiger partial charge in [-0.1, -0.05) is 23.7 Å². The summed E-state index contributed by atoms with van der Waals surface area (Å²) in [6.07, 6.45) is 1.43. The fourth-order valence-corrected chi connectivity index (χ4v) is 2.61. The molecule has 0 unspecified atom stereocenters. The summed E-state index contributed by atoms with van der Waals surface area (Å²) in [5.74, 6) is 0.480. The van der Waals surface area contributed by atoms with Gasteiger partial charge >= 0.3 is 0 Å². The van der Waals surface area contributed by atoms with E-state index in [9.17, 15) is 4.79 Å². The van der Waals surface area contributed by atoms with Crippen LogP contribution in [-0.2, 0) is 0 Å². The van der Waals surface area contributed by atoms with Crippen molar-refractivity contribution in [1.29, 1.82) is 0 Å². The van der Waals surface area contributed by atoms with Crippen LogP contribution in [0.1, 0.15) is 10.5 Å². The number of nitrogens with one attached hydrogen (secondary N) is 1. The molecule has 1 fully saturated rings. The van der Waals surface area contributed by atoms with Gasteiger partial charge in [0.15, 0.2) is 0 Å². The van der Waals surface area contributed by atoms with Gasteiger partial charge in [-0.2, -0.15) is 0 Å². The summed E-state index contributed by atoms with van der Waals surface area (Å²) in [6, 6.07) is 8.83. The summed E-state index contributed by atoms with van der Waals surface area (Å²) in [6.45, 7) is 3.73. The van der Waals surface area contributed by atoms with Crippen molar-refractivity contribution in [1.82, 2.24) is 14.9 Å². The number of amides is 1. The van der Waals surface area contributed by atoms with Gasteiger partial charge in [0.2, 0.25) is 0 Å². The maximum Gasteiger partial charge on any atom is 0.274 e. The highest BCUT2D eigenvalue weighted by atomic mass is 35.5. The van der Waals surface area contributed by atoms with E-state index in [0.29, 0.717) is 16.4 Å². The van der Waals surface area contributed by atoms with Crippen molar-refractivity contribution in [2.75, 3.05) is 43.4 Å². The Morgan fingerprint density at radius 1 is 1.17 bits per heavy atom. The fraction of sp³-hybridized carbons (Fsp3) is 0.312. The molecule has 1 aliphatic rings. The standard InChI is InChI=1S/C16H18ClN5O/c1-21-6-8-22(9-7-21)15-10-14(18-11-19-15)16(23)20-13-5-3-2-4-12(13)17/h2-5,10-11H,6-9H2,1H3,(H,20,23). The molecule has 0 atom stereocenters. The number of rotatable bonds is 3. The van der Waals surface area contributed by atoms with Crippen LogP contribution in [0.25, 0.3) is 0 Å². The lowest BCUT2D eigenvalue weighted by atomic mass is 10.2. The van der Waals surface area contributed by atoms with Crippen molar-refractivity contribution in [2.45, 2.75) is 0 Å². The molecular weight excluding hydrogens is 314 g/mol. The predicted molar refractivity (Wildman–Crippen MR) is 91.1 cm³/mol. The van der Waals surface area contributed by atoms with Crippen LogP contribution in [0.4, 0.5) is 11.5 Å². The number of anilines is 2. The van der Waals surface area contributed by atoms with Gasteiger partial charge < -0.3 is 15.1 Å². The molecule has 7 heteroatoms. The number of hydrogen-bond donors (Lipinski definition) is 1. The van der Waals surface area contributed by atoms with Crippen LogP contribution in [0.15, 0.2) is 36.7 Å². The highest BCUT2D eigenvalue weighted by molar-refractivity contribution is 6.33. The smallest absolute Gasteiger partial charge is 0.274 e. The van der Waals surface area contributed by atoms with Gasteiger partial charge in [-0.05, 0) is 19.2 Å². The molecule has 0 aliphatic carbocycles. The largest absolute Gasteiger partial charge is 0.354 e. The van der Waals surface area contributed by atoms with Crippen molar-refractivity contribution >= 4 is 29.0 Å². The van der Waals surface area contributed by atoms with E-state index in [1.807, 2.05) is 12.1 Å². The van der Waals surface area contributed by atoms with Gasteiger partial charge in [-0.15, -0.1) is 0 Å². The number of carbonyl (C=O) groups excluding carboxylic acids is 1. The number of aromatic nitrogens is 2. The van der Waals surface area contributed by atoms with Gasteiger partial charge in [0.05, 0.1) is 10.7 Å². The second-order valence-corrected chi connectivity index (χ2v) is 5.89. The molecule has 23 heavy (non-hydrogen) atoms. The molecule has 2 heterocycles. The minimum Gasteiger partial charge on any atom is -0.354 e. The maximum atomic E-state index is 12.4. The molecule has 1 aliphatic heterocycles. The Morgan fingerprint density at radius 2 is 1.91 bits per heavy atom. The summed E-state index contributed by atoms with van der Waals surface area (Å²) in [5, 5.41) is 3.27. The molecule has 0 radical (unpaired) electrons. The summed E-state index contributed by atoms with van der Waals surface area (Å²) < 4.78 is 0. The first-order chi connectivity index (χ1) is 11.1. The zero-order chi connectivity index (χ0) is 16.2. The number of carbonyl (C=O) groups is 1. The van der Waals surface area contributed by atoms with Crippen molar-refractivity contribution in [3.63, 3.8) is 0 Å². The van der Waals surface area contributed by atoms with E-state index >= 15 is 0 Å². The fourth-order valence-electron chi connectivity index (χ4n) is 2.43. The summed E-state index contributed by atoms with van der Waals surface area (Å²) in [5.41, 5.74) is 0.896. The summed E-state index contributed by atoms with van der Waals surface area (Å²) in [7, 11) is 2.10. The number of hydrogen-bond acceptors (Lipinski definition) is 5. The van der Waals surface area contributed by atoms with E-state index in [0.717, 1.165) is 32.0 Å². The number of benzene rings is 1. The third-order valence-electron chi connectivity index (χ3n) is 3.83. The quantitative estimate of drug-likeness (QED) is 0.933. The Kier molecular flexibility index (Phi) is 4.73. The molecule has 0 saturated carbocycles. The van der Waals surface area contributed by atoms with Crippen molar-refractivity contribution < 1.29 is 4.79 Å². The average Bonchev–Trinajstić information content (AvgIpc) is 2.58. The van der Waals surface area contributed by atoms with Crippen LogP contribution < -0.4 is 10.2 Å². The Morgan fingerprint density at radius 3 is 2.65 bits per heavy atom. The first-order valence-corrected chi connectivity index (χ1v) is 7.83. The Balaban J connectivity index is 1.74.